The van der Waals surface area contributed by atoms with Gasteiger partial charge in [-0.1, -0.05) is 68.1 Å². The second kappa shape index (κ2) is 11.2. The molecule has 4 aromatic rings. The van der Waals surface area contributed by atoms with Gasteiger partial charge < -0.3 is 10.1 Å². The van der Waals surface area contributed by atoms with Gasteiger partial charge in [-0.2, -0.15) is 0 Å². The number of rotatable bonds is 9. The lowest BCUT2D eigenvalue weighted by Gasteiger charge is -2.16. The van der Waals surface area contributed by atoms with Gasteiger partial charge in [-0.15, -0.1) is 0 Å². The largest absolute Gasteiger partial charge is 0.497 e. The third kappa shape index (κ3) is 5.57. The number of benzene rings is 3. The topological polar surface area (TPSA) is 73.2 Å². The van der Waals surface area contributed by atoms with E-state index in [2.05, 4.69) is 19.2 Å². The zero-order chi connectivity index (χ0) is 24.8. The van der Waals surface area contributed by atoms with Crippen molar-refractivity contribution in [3.8, 4) is 5.75 Å². The van der Waals surface area contributed by atoms with Gasteiger partial charge in [-0.05, 0) is 53.8 Å². The summed E-state index contributed by atoms with van der Waals surface area (Å²) in [6, 6.07) is 21.0. The lowest BCUT2D eigenvalue weighted by Crippen LogP contribution is -2.25. The number of nitrogens with zero attached hydrogens (tertiary/aromatic N) is 2. The molecule has 0 aliphatic heterocycles. The van der Waals surface area contributed by atoms with Crippen molar-refractivity contribution in [1.82, 2.24) is 9.55 Å². The van der Waals surface area contributed by atoms with Crippen LogP contribution in [0.2, 0.25) is 0 Å². The van der Waals surface area contributed by atoms with Gasteiger partial charge in [0.25, 0.3) is 5.56 Å². The van der Waals surface area contributed by atoms with E-state index in [1.807, 2.05) is 60.7 Å². The summed E-state index contributed by atoms with van der Waals surface area (Å²) in [4.78, 5) is 31.0. The molecular formula is C28H29N3O3S. The first-order chi connectivity index (χ1) is 17.0. The maximum absolute atomic E-state index is 13.4. The summed E-state index contributed by atoms with van der Waals surface area (Å²) in [6.07, 6.45) is 1.68. The summed E-state index contributed by atoms with van der Waals surface area (Å²) in [6.45, 7) is 4.51. The maximum Gasteiger partial charge on any atom is 0.262 e. The molecule has 7 heteroatoms. The SMILES string of the molecule is CCc1cccc(CC)c1NC(=O)CSc1nc2ccccc2c(=O)n1Cc1ccc(OC)cc1. The predicted octanol–water partition coefficient (Wildman–Crippen LogP) is 5.31. The van der Waals surface area contributed by atoms with Gasteiger partial charge in [0.2, 0.25) is 5.91 Å². The number of ether oxygens (including phenoxy) is 1. The minimum Gasteiger partial charge on any atom is -0.497 e. The fraction of sp³-hybridized carbons (Fsp3) is 0.250. The number of hydrogen-bond donors (Lipinski definition) is 1. The van der Waals surface area contributed by atoms with Gasteiger partial charge in [0.15, 0.2) is 5.16 Å². The predicted molar refractivity (Wildman–Crippen MR) is 143 cm³/mol. The molecule has 1 aromatic heterocycles. The van der Waals surface area contributed by atoms with Crippen molar-refractivity contribution in [3.63, 3.8) is 0 Å². The molecule has 0 atom stereocenters. The van der Waals surface area contributed by atoms with Crippen molar-refractivity contribution in [2.45, 2.75) is 38.4 Å². The van der Waals surface area contributed by atoms with Crippen molar-refractivity contribution in [2.75, 3.05) is 18.2 Å². The Bertz CT molecular complexity index is 1370. The molecule has 0 fully saturated rings. The van der Waals surface area contributed by atoms with Gasteiger partial charge in [-0.25, -0.2) is 4.98 Å². The first kappa shape index (κ1) is 24.5. The van der Waals surface area contributed by atoms with Crippen LogP contribution in [0.5, 0.6) is 5.75 Å². The van der Waals surface area contributed by atoms with Crippen LogP contribution in [0.25, 0.3) is 10.9 Å². The Kier molecular flexibility index (Phi) is 7.87. The summed E-state index contributed by atoms with van der Waals surface area (Å²) < 4.78 is 6.88. The Hall–Kier alpha value is -3.58. The number of hydrogen-bond acceptors (Lipinski definition) is 5. The van der Waals surface area contributed by atoms with Crippen molar-refractivity contribution in [1.29, 1.82) is 0 Å². The Labute approximate surface area is 209 Å². The number of carbonyl (C=O) groups excluding carboxylic acids is 1. The molecule has 4 rings (SSSR count). The summed E-state index contributed by atoms with van der Waals surface area (Å²) in [5.41, 5.74) is 4.56. The summed E-state index contributed by atoms with van der Waals surface area (Å²) in [5.74, 6) is 0.779. The molecule has 3 aromatic carbocycles. The van der Waals surface area contributed by atoms with E-state index in [1.165, 1.54) is 11.8 Å². The van der Waals surface area contributed by atoms with Gasteiger partial charge >= 0.3 is 0 Å². The van der Waals surface area contributed by atoms with Crippen LogP contribution in [0, 0.1) is 0 Å². The van der Waals surface area contributed by atoms with E-state index >= 15 is 0 Å². The number of aromatic nitrogens is 2. The molecule has 6 nitrogen and oxygen atoms in total. The molecule has 0 radical (unpaired) electrons. The number of amides is 1. The van der Waals surface area contributed by atoms with Gasteiger partial charge in [-0.3, -0.25) is 14.2 Å². The lowest BCUT2D eigenvalue weighted by molar-refractivity contribution is -0.113. The number of para-hydroxylation sites is 2. The van der Waals surface area contributed by atoms with Crippen molar-refractivity contribution in [3.05, 3.63) is 93.8 Å². The molecule has 0 saturated carbocycles. The van der Waals surface area contributed by atoms with Crippen LogP contribution in [0.15, 0.2) is 76.7 Å². The van der Waals surface area contributed by atoms with E-state index in [0.717, 1.165) is 41.0 Å². The van der Waals surface area contributed by atoms with Crippen LogP contribution in [0.4, 0.5) is 5.69 Å². The van der Waals surface area contributed by atoms with Gasteiger partial charge in [0.1, 0.15) is 5.75 Å². The van der Waals surface area contributed by atoms with Crippen LogP contribution >= 0.6 is 11.8 Å². The molecule has 0 aliphatic rings. The van der Waals surface area contributed by atoms with Crippen LogP contribution in [-0.4, -0.2) is 28.3 Å². The van der Waals surface area contributed by atoms with Crippen LogP contribution in [0.1, 0.15) is 30.5 Å². The monoisotopic (exact) mass is 487 g/mol. The summed E-state index contributed by atoms with van der Waals surface area (Å²) >= 11 is 1.27. The molecule has 1 amide bonds. The average Bonchev–Trinajstić information content (AvgIpc) is 2.89. The normalized spacial score (nSPS) is 10.9. The number of thioether (sulfide) groups is 1. The molecule has 0 saturated heterocycles. The van der Waals surface area contributed by atoms with E-state index in [4.69, 9.17) is 9.72 Å². The van der Waals surface area contributed by atoms with E-state index in [0.29, 0.717) is 22.6 Å². The van der Waals surface area contributed by atoms with E-state index in [-0.39, 0.29) is 17.2 Å². The quantitative estimate of drug-likeness (QED) is 0.256. The zero-order valence-electron chi connectivity index (χ0n) is 20.2. The van der Waals surface area contributed by atoms with Gasteiger partial charge in [0.05, 0.1) is 30.3 Å². The standard InChI is InChI=1S/C28H29N3O3S/c1-4-20-9-8-10-21(5-2)26(20)30-25(32)18-35-28-29-24-12-7-6-11-23(24)27(33)31(28)17-19-13-15-22(34-3)16-14-19/h6-16H,4-5,17-18H2,1-3H3,(H,30,32). The molecular weight excluding hydrogens is 458 g/mol. The van der Waals surface area contributed by atoms with Crippen molar-refractivity contribution in [2.24, 2.45) is 0 Å². The van der Waals surface area contributed by atoms with Crippen molar-refractivity contribution >= 4 is 34.3 Å². The summed E-state index contributed by atoms with van der Waals surface area (Å²) in [7, 11) is 1.62. The number of anilines is 1. The van der Waals surface area contributed by atoms with E-state index in [9.17, 15) is 9.59 Å². The first-order valence-corrected chi connectivity index (χ1v) is 12.7. The lowest BCUT2D eigenvalue weighted by atomic mass is 10.0. The fourth-order valence-electron chi connectivity index (χ4n) is 4.02. The second-order valence-electron chi connectivity index (χ2n) is 8.15. The third-order valence-corrected chi connectivity index (χ3v) is 6.90. The Morgan fingerprint density at radius 3 is 2.31 bits per heavy atom. The number of fused-ring (bicyclic) bond motifs is 1. The molecule has 1 heterocycles. The molecule has 0 spiro atoms. The Morgan fingerprint density at radius 2 is 1.66 bits per heavy atom. The minimum absolute atomic E-state index is 0.121. The Balaban J connectivity index is 1.61. The molecule has 0 bridgehead atoms. The molecule has 1 N–H and O–H groups in total. The highest BCUT2D eigenvalue weighted by Gasteiger charge is 2.15. The first-order valence-electron chi connectivity index (χ1n) is 11.7. The minimum atomic E-state index is -0.126. The highest BCUT2D eigenvalue weighted by Crippen LogP contribution is 2.24. The highest BCUT2D eigenvalue weighted by molar-refractivity contribution is 7.99. The zero-order valence-corrected chi connectivity index (χ0v) is 21.0. The van der Waals surface area contributed by atoms with Crippen molar-refractivity contribution < 1.29 is 9.53 Å². The smallest absolute Gasteiger partial charge is 0.262 e. The molecule has 180 valence electrons. The van der Waals surface area contributed by atoms with E-state index in [1.54, 1.807) is 17.7 Å². The molecule has 0 unspecified atom stereocenters. The summed E-state index contributed by atoms with van der Waals surface area (Å²) in [5, 5.41) is 4.16. The third-order valence-electron chi connectivity index (χ3n) is 5.92. The number of methoxy groups -OCH3 is 1. The van der Waals surface area contributed by atoms with Gasteiger partial charge in [0, 0.05) is 5.69 Å². The molecule has 35 heavy (non-hydrogen) atoms. The average molecular weight is 488 g/mol. The van der Waals surface area contributed by atoms with Crippen LogP contribution < -0.4 is 15.6 Å². The molecule has 0 aliphatic carbocycles. The van der Waals surface area contributed by atoms with E-state index < -0.39 is 0 Å². The fourth-order valence-corrected chi connectivity index (χ4v) is 4.82. The number of nitrogens with one attached hydrogen (secondary N) is 1. The Morgan fingerprint density at radius 1 is 0.971 bits per heavy atom. The maximum atomic E-state index is 13.4. The number of carbonyl (C=O) groups is 1. The highest BCUT2D eigenvalue weighted by atomic mass is 32.2. The van der Waals surface area contributed by atoms with Crippen LogP contribution in [0.3, 0.4) is 0 Å². The second-order valence-corrected chi connectivity index (χ2v) is 9.09. The van der Waals surface area contributed by atoms with Crippen LogP contribution in [-0.2, 0) is 24.2 Å². The number of aryl methyl sites for hydroxylation is 2.